The summed E-state index contributed by atoms with van der Waals surface area (Å²) < 4.78 is 17.5. The number of benzene rings is 4. The number of carbonyl (C=O) groups excluding carboxylic acids is 4. The van der Waals surface area contributed by atoms with Gasteiger partial charge >= 0.3 is 0 Å². The van der Waals surface area contributed by atoms with Crippen LogP contribution in [0.2, 0.25) is 10.0 Å². The molecular weight excluding hydrogens is 819 g/mol. The van der Waals surface area contributed by atoms with Gasteiger partial charge in [-0.15, -0.1) is 0 Å². The smallest absolute Gasteiger partial charge is 0.260 e. The molecule has 4 amide bonds. The van der Waals surface area contributed by atoms with E-state index < -0.39 is 46.8 Å². The highest BCUT2D eigenvalue weighted by Crippen LogP contribution is 2.66. The number of allylic oxidation sites excluding steroid dienone is 2. The molecule has 2 aliphatic carbocycles. The first-order valence-electron chi connectivity index (χ1n) is 20.5. The zero-order chi connectivity index (χ0) is 42.7. The van der Waals surface area contributed by atoms with E-state index in [1.165, 1.54) is 42.9 Å². The number of imide groups is 2. The van der Waals surface area contributed by atoms with E-state index >= 15 is 14.4 Å². The van der Waals surface area contributed by atoms with Gasteiger partial charge in [-0.25, -0.2) is 0 Å². The van der Waals surface area contributed by atoms with Crippen LogP contribution in [0, 0.1) is 23.7 Å². The van der Waals surface area contributed by atoms with Gasteiger partial charge in [-0.2, -0.15) is 5.01 Å². The van der Waals surface area contributed by atoms with Gasteiger partial charge in [-0.1, -0.05) is 77.3 Å². The van der Waals surface area contributed by atoms with Crippen LogP contribution in [-0.4, -0.2) is 84.0 Å². The molecule has 4 aromatic rings. The number of rotatable bonds is 10. The maximum absolute atomic E-state index is 15.7. The molecule has 0 bridgehead atoms. The lowest BCUT2D eigenvalue weighted by Gasteiger charge is -2.51. The highest BCUT2D eigenvalue weighted by molar-refractivity contribution is 6.36. The first-order chi connectivity index (χ1) is 29.5. The van der Waals surface area contributed by atoms with Crippen LogP contribution in [-0.2, 0) is 31.1 Å². The average molecular weight is 866 g/mol. The molecule has 0 aromatic heterocycles. The Hall–Kier alpha value is -5.56. The minimum Gasteiger partial charge on any atom is -0.508 e. The van der Waals surface area contributed by atoms with Crippen molar-refractivity contribution in [1.29, 1.82) is 0 Å². The molecule has 3 heterocycles. The second kappa shape index (κ2) is 16.0. The van der Waals surface area contributed by atoms with Crippen molar-refractivity contribution in [1.82, 2.24) is 14.8 Å². The number of phenolic OH excluding ortho intramolecular Hbond substituents is 1. The number of anilines is 1. The molecule has 0 spiro atoms. The summed E-state index contributed by atoms with van der Waals surface area (Å²) in [5.41, 5.74) is 4.53. The molecule has 1 saturated carbocycles. The fraction of sp³-hybridized carbons (Fsp3) is 0.362. The molecule has 3 aliphatic heterocycles. The van der Waals surface area contributed by atoms with Gasteiger partial charge in [-0.05, 0) is 73.1 Å². The first-order valence-corrected chi connectivity index (χ1v) is 21.3. The summed E-state index contributed by atoms with van der Waals surface area (Å²) in [7, 11) is 4.46. The molecule has 4 fully saturated rings. The number of piperidine rings is 1. The predicted molar refractivity (Wildman–Crippen MR) is 228 cm³/mol. The molecule has 12 nitrogen and oxygen atoms in total. The molecule has 0 unspecified atom stereocenters. The van der Waals surface area contributed by atoms with Crippen molar-refractivity contribution >= 4 is 52.5 Å². The quantitative estimate of drug-likeness (QED) is 0.123. The number of carbonyl (C=O) groups is 4. The number of fused-ring (bicyclic) bond motifs is 4. The highest BCUT2D eigenvalue weighted by Gasteiger charge is 2.71. The van der Waals surface area contributed by atoms with E-state index in [1.807, 2.05) is 24.3 Å². The van der Waals surface area contributed by atoms with Crippen molar-refractivity contribution < 1.29 is 38.5 Å². The van der Waals surface area contributed by atoms with E-state index in [0.29, 0.717) is 34.7 Å². The van der Waals surface area contributed by atoms with Gasteiger partial charge in [0, 0.05) is 54.3 Å². The van der Waals surface area contributed by atoms with Crippen LogP contribution in [0.15, 0.2) is 96.6 Å². The van der Waals surface area contributed by atoms with Crippen molar-refractivity contribution in [3.8, 4) is 23.0 Å². The summed E-state index contributed by atoms with van der Waals surface area (Å²) in [6.07, 6.45) is 3.66. The number of nitrogens with one attached hydrogen (secondary N) is 1. The molecule has 6 atom stereocenters. The van der Waals surface area contributed by atoms with Gasteiger partial charge in [0.2, 0.25) is 11.8 Å². The van der Waals surface area contributed by atoms with Crippen LogP contribution in [0.5, 0.6) is 23.0 Å². The van der Waals surface area contributed by atoms with Gasteiger partial charge in [0.1, 0.15) is 23.0 Å². The van der Waals surface area contributed by atoms with Crippen LogP contribution in [0.25, 0.3) is 0 Å². The third-order valence-corrected chi connectivity index (χ3v) is 14.2. The number of methoxy groups -OCH3 is 3. The van der Waals surface area contributed by atoms with E-state index in [4.69, 9.17) is 37.4 Å². The van der Waals surface area contributed by atoms with Crippen LogP contribution < -0.4 is 19.6 Å². The Morgan fingerprint density at radius 2 is 1.49 bits per heavy atom. The van der Waals surface area contributed by atoms with E-state index in [1.54, 1.807) is 43.5 Å². The second-order valence-corrected chi connectivity index (χ2v) is 17.4. The summed E-state index contributed by atoms with van der Waals surface area (Å²) >= 11 is 12.8. The lowest BCUT2D eigenvalue weighted by molar-refractivity contribution is -0.144. The normalized spacial score (nSPS) is 26.4. The van der Waals surface area contributed by atoms with Gasteiger partial charge in [0.05, 0.1) is 55.2 Å². The van der Waals surface area contributed by atoms with Gasteiger partial charge in [0.25, 0.3) is 11.8 Å². The molecular formula is C47H46Cl2N4O8. The largest absolute Gasteiger partial charge is 0.508 e. The monoisotopic (exact) mass is 864 g/mol. The van der Waals surface area contributed by atoms with Crippen LogP contribution in [0.1, 0.15) is 48.3 Å². The fourth-order valence-electron chi connectivity index (χ4n) is 10.9. The summed E-state index contributed by atoms with van der Waals surface area (Å²) in [4.78, 5) is 64.3. The Morgan fingerprint density at radius 3 is 2.13 bits per heavy atom. The van der Waals surface area contributed by atoms with Gasteiger partial charge in [0.15, 0.2) is 0 Å². The number of phenols is 1. The topological polar surface area (TPSA) is 138 Å². The summed E-state index contributed by atoms with van der Waals surface area (Å²) in [5, 5.41) is 12.5. The molecule has 14 heteroatoms. The Morgan fingerprint density at radius 1 is 0.803 bits per heavy atom. The maximum Gasteiger partial charge on any atom is 0.260 e. The van der Waals surface area contributed by atoms with Crippen LogP contribution in [0.3, 0.4) is 0 Å². The lowest BCUT2D eigenvalue weighted by Crippen LogP contribution is -2.53. The van der Waals surface area contributed by atoms with Crippen molar-refractivity contribution in [2.75, 3.05) is 39.8 Å². The third-order valence-electron chi connectivity index (χ3n) is 13.6. The summed E-state index contributed by atoms with van der Waals surface area (Å²) in [6, 6.07) is 24.6. The average Bonchev–Trinajstić information content (AvgIpc) is 3.65. The van der Waals surface area contributed by atoms with Gasteiger partial charge < -0.3 is 19.3 Å². The number of aromatic hydroxyl groups is 1. The van der Waals surface area contributed by atoms with Crippen molar-refractivity contribution in [3.05, 3.63) is 123 Å². The Kier molecular flexibility index (Phi) is 10.7. The molecule has 0 radical (unpaired) electrons. The molecule has 2 N–H and O–H groups in total. The Bertz CT molecular complexity index is 2410. The standard InChI is InChI=1S/C47H46Cl2N4O8/c1-59-31-12-9-27(10-13-31)47-35(44(56)53(46(47)58)50-37-16-11-28(48)21-36(37)49)24-34-32(42(47)41-38(60-2)22-30(54)23-39(41)61-3)14-15-33-40(34)45(57)52(43(33)55)29-17-19-51(20-18-29)25-26-7-5-4-6-8-26/h4-14,16,21-23,29,33-35,40,42,50,54H,15,17-20,24-25H2,1-3H3/t33-,34+,35-,40-,42+,47+/m0/s1. The molecule has 316 valence electrons. The number of likely N-dealkylation sites (tertiary alicyclic amines) is 2. The minimum atomic E-state index is -1.65. The second-order valence-electron chi connectivity index (χ2n) is 16.5. The highest BCUT2D eigenvalue weighted by atomic mass is 35.5. The molecule has 4 aromatic carbocycles. The van der Waals surface area contributed by atoms with Gasteiger partial charge in [-0.3, -0.25) is 34.4 Å². The first kappa shape index (κ1) is 40.8. The minimum absolute atomic E-state index is 0.0950. The number of ether oxygens (including phenoxy) is 3. The predicted octanol–water partition coefficient (Wildman–Crippen LogP) is 7.37. The van der Waals surface area contributed by atoms with E-state index in [9.17, 15) is 9.90 Å². The van der Waals surface area contributed by atoms with Crippen molar-refractivity contribution in [3.63, 3.8) is 0 Å². The summed E-state index contributed by atoms with van der Waals surface area (Å²) in [6.45, 7) is 2.28. The Balaban J connectivity index is 1.16. The lowest BCUT2D eigenvalue weighted by atomic mass is 9.49. The number of hydrogen-bond donors (Lipinski definition) is 2. The van der Waals surface area contributed by atoms with Crippen molar-refractivity contribution in [2.24, 2.45) is 23.7 Å². The number of hydrazine groups is 1. The molecule has 3 saturated heterocycles. The maximum atomic E-state index is 15.7. The Labute approximate surface area is 363 Å². The molecule has 61 heavy (non-hydrogen) atoms. The number of amides is 4. The molecule has 5 aliphatic rings. The van der Waals surface area contributed by atoms with E-state index in [-0.39, 0.29) is 58.7 Å². The van der Waals surface area contributed by atoms with Crippen LogP contribution in [0.4, 0.5) is 5.69 Å². The number of halogens is 2. The van der Waals surface area contributed by atoms with E-state index in [0.717, 1.165) is 30.2 Å². The van der Waals surface area contributed by atoms with Crippen LogP contribution >= 0.6 is 23.2 Å². The zero-order valence-electron chi connectivity index (χ0n) is 34.0. The van der Waals surface area contributed by atoms with E-state index in [2.05, 4.69) is 22.5 Å². The fourth-order valence-corrected chi connectivity index (χ4v) is 11.4. The van der Waals surface area contributed by atoms with Crippen molar-refractivity contribution in [2.45, 2.75) is 49.6 Å². The molecule has 9 rings (SSSR count). The summed E-state index contributed by atoms with van der Waals surface area (Å²) in [5.74, 6) is -4.71. The number of nitrogens with zero attached hydrogens (tertiary/aromatic N) is 3. The third kappa shape index (κ3) is 6.61. The SMILES string of the molecule is COc1ccc([C@@]23C(=O)N(Nc4ccc(Cl)cc4Cl)C(=O)[C@@H]2C[C@@H]2C(=CC[C@@H]4C(=O)N(C5CCN(Cc6ccccc6)CC5)C(=O)[C@@H]42)[C@@H]3c2c(OC)cc(O)cc2OC)cc1. The number of hydrogen-bond acceptors (Lipinski definition) is 10. The zero-order valence-corrected chi connectivity index (χ0v) is 35.5.